The maximum Gasteiger partial charge on any atom is 0.183 e. The molecule has 0 saturated carbocycles. The number of rotatable bonds is 8. The van der Waals surface area contributed by atoms with Crippen LogP contribution >= 0.6 is 0 Å². The van der Waals surface area contributed by atoms with Crippen molar-refractivity contribution in [2.24, 2.45) is 0 Å². The number of hydrogen-bond acceptors (Lipinski definition) is 5. The van der Waals surface area contributed by atoms with Crippen LogP contribution in [0.3, 0.4) is 0 Å². The van der Waals surface area contributed by atoms with Gasteiger partial charge in [-0.3, -0.25) is 9.89 Å². The number of fused-ring (bicyclic) bond motifs is 2. The topological polar surface area (TPSA) is 99.3 Å². The van der Waals surface area contributed by atoms with E-state index in [1.54, 1.807) is 24.4 Å². The fraction of sp³-hybridized carbons (Fsp3) is 0.0714. The van der Waals surface area contributed by atoms with E-state index in [4.69, 9.17) is 4.98 Å². The quantitative estimate of drug-likeness (QED) is 0.183. The Bertz CT molecular complexity index is 1620. The van der Waals surface area contributed by atoms with Gasteiger partial charge in [0, 0.05) is 45.9 Å². The van der Waals surface area contributed by atoms with E-state index in [-0.39, 0.29) is 12.2 Å². The molecule has 0 fully saturated rings. The molecule has 3 N–H and O–H groups in total. The summed E-state index contributed by atoms with van der Waals surface area (Å²) in [7, 11) is 0. The van der Waals surface area contributed by atoms with Gasteiger partial charge in [-0.1, -0.05) is 43.5 Å². The normalized spacial score (nSPS) is 11.6. The van der Waals surface area contributed by atoms with Gasteiger partial charge >= 0.3 is 0 Å². The van der Waals surface area contributed by atoms with Crippen LogP contribution < -0.4 is 5.32 Å². The molecule has 0 aliphatic rings. The van der Waals surface area contributed by atoms with Gasteiger partial charge in [-0.05, 0) is 48.9 Å². The second-order valence-electron chi connectivity index (χ2n) is 8.24. The number of benzene rings is 2. The Labute approximate surface area is 202 Å². The molecule has 3 aromatic heterocycles. The van der Waals surface area contributed by atoms with Gasteiger partial charge in [-0.2, -0.15) is 5.10 Å². The molecule has 35 heavy (non-hydrogen) atoms. The fourth-order valence-electron chi connectivity index (χ4n) is 3.98. The van der Waals surface area contributed by atoms with E-state index in [0.29, 0.717) is 17.3 Å². The lowest BCUT2D eigenvalue weighted by Gasteiger charge is -2.07. The van der Waals surface area contributed by atoms with E-state index in [1.807, 2.05) is 55.5 Å². The largest absolute Gasteiger partial charge is 0.352 e. The van der Waals surface area contributed by atoms with Crippen molar-refractivity contribution in [3.63, 3.8) is 0 Å². The van der Waals surface area contributed by atoms with Crippen LogP contribution in [0.15, 0.2) is 91.7 Å². The lowest BCUT2D eigenvalue weighted by atomic mass is 10.1. The number of aryl methyl sites for hydroxylation is 1. The zero-order valence-electron chi connectivity index (χ0n) is 19.3. The number of carbonyl (C=O) groups is 1. The summed E-state index contributed by atoms with van der Waals surface area (Å²) < 4.78 is 0. The zero-order chi connectivity index (χ0) is 24.4. The monoisotopic (exact) mass is 460 g/mol. The molecule has 0 radical (unpaired) electrons. The molecule has 0 aliphatic carbocycles. The third kappa shape index (κ3) is 4.52. The summed E-state index contributed by atoms with van der Waals surface area (Å²) in [5.74, 6) is 1.26. The number of anilines is 2. The predicted octanol–water partition coefficient (Wildman–Crippen LogP) is 6.42. The van der Waals surface area contributed by atoms with E-state index in [0.717, 1.165) is 44.3 Å². The molecule has 0 saturated heterocycles. The molecule has 0 spiro atoms. The van der Waals surface area contributed by atoms with Crippen LogP contribution in [-0.4, -0.2) is 30.9 Å². The Balaban J connectivity index is 1.40. The molecule has 0 unspecified atom stereocenters. The Hall–Kier alpha value is -4.78. The number of aromatic amines is 2. The minimum atomic E-state index is -0.0111. The second kappa shape index (κ2) is 9.23. The van der Waals surface area contributed by atoms with Crippen LogP contribution in [0, 0.1) is 6.92 Å². The van der Waals surface area contributed by atoms with Gasteiger partial charge in [0.15, 0.2) is 11.6 Å². The summed E-state index contributed by atoms with van der Waals surface area (Å²) in [6.07, 6.45) is 7.10. The van der Waals surface area contributed by atoms with Crippen LogP contribution in [0.25, 0.3) is 33.2 Å². The van der Waals surface area contributed by atoms with Crippen molar-refractivity contribution in [2.45, 2.75) is 13.3 Å². The average Bonchev–Trinajstić information content (AvgIpc) is 3.47. The molecule has 0 aliphatic heterocycles. The van der Waals surface area contributed by atoms with Crippen molar-refractivity contribution < 1.29 is 4.79 Å². The summed E-state index contributed by atoms with van der Waals surface area (Å²) in [6.45, 7) is 9.44. The zero-order valence-corrected chi connectivity index (χ0v) is 19.3. The van der Waals surface area contributed by atoms with Crippen LogP contribution in [0.4, 0.5) is 11.5 Å². The molecular formula is C28H24N6O. The molecule has 7 heteroatoms. The SMILES string of the molecule is C=C/C=C(\C=C)CC(=O)c1cc2ccc(-c3nccc(Nc4ccc5n[nH]c(C)c5c4)n3)cc2[nH]1. The van der Waals surface area contributed by atoms with Crippen molar-refractivity contribution in [3.05, 3.63) is 103 Å². The van der Waals surface area contributed by atoms with Crippen LogP contribution in [0.5, 0.6) is 0 Å². The molecule has 0 atom stereocenters. The third-order valence-electron chi connectivity index (χ3n) is 5.81. The van der Waals surface area contributed by atoms with Crippen molar-refractivity contribution in [1.29, 1.82) is 0 Å². The minimum Gasteiger partial charge on any atom is -0.352 e. The van der Waals surface area contributed by atoms with Crippen LogP contribution in [0.2, 0.25) is 0 Å². The summed E-state index contributed by atoms with van der Waals surface area (Å²) in [6, 6.07) is 15.5. The Morgan fingerprint density at radius 2 is 2.00 bits per heavy atom. The average molecular weight is 461 g/mol. The van der Waals surface area contributed by atoms with Gasteiger partial charge in [0.2, 0.25) is 0 Å². The lowest BCUT2D eigenvalue weighted by Crippen LogP contribution is -2.00. The van der Waals surface area contributed by atoms with Gasteiger partial charge in [0.1, 0.15) is 5.82 Å². The number of ketones is 1. The van der Waals surface area contributed by atoms with Gasteiger partial charge in [0.05, 0.1) is 11.2 Å². The number of H-pyrrole nitrogens is 2. The fourth-order valence-corrected chi connectivity index (χ4v) is 3.98. The van der Waals surface area contributed by atoms with E-state index >= 15 is 0 Å². The van der Waals surface area contributed by atoms with Gasteiger partial charge < -0.3 is 10.3 Å². The number of aromatic nitrogens is 5. The molecule has 0 amide bonds. The first kappa shape index (κ1) is 22.0. The molecule has 3 heterocycles. The number of carbonyl (C=O) groups excluding carboxylic acids is 1. The molecule has 2 aromatic carbocycles. The first-order chi connectivity index (χ1) is 17.0. The second-order valence-corrected chi connectivity index (χ2v) is 8.24. The minimum absolute atomic E-state index is 0.0111. The first-order valence-corrected chi connectivity index (χ1v) is 11.2. The van der Waals surface area contributed by atoms with Gasteiger partial charge in [0.25, 0.3) is 0 Å². The van der Waals surface area contributed by atoms with E-state index < -0.39 is 0 Å². The third-order valence-corrected chi connectivity index (χ3v) is 5.81. The standard InChI is InChI=1S/C28H24N6O/c1-4-6-18(5-2)13-26(35)25-14-19-7-8-20(15-24(19)31-25)28-29-12-11-27(32-28)30-21-9-10-23-22(16-21)17(3)33-34-23/h4-12,14-16,31H,1-2,13H2,3H3,(H,33,34)(H,29,30,32)/b18-6+. The lowest BCUT2D eigenvalue weighted by molar-refractivity contribution is 0.0990. The number of nitrogens with one attached hydrogen (secondary N) is 3. The summed E-state index contributed by atoms with van der Waals surface area (Å²) in [5.41, 5.74) is 5.92. The number of nitrogens with zero attached hydrogens (tertiary/aromatic N) is 3. The Morgan fingerprint density at radius 1 is 1.11 bits per heavy atom. The number of allylic oxidation sites excluding steroid dienone is 4. The van der Waals surface area contributed by atoms with Crippen molar-refractivity contribution >= 4 is 39.1 Å². The maximum absolute atomic E-state index is 12.7. The van der Waals surface area contributed by atoms with Crippen molar-refractivity contribution in [3.8, 4) is 11.4 Å². The Morgan fingerprint density at radius 3 is 2.83 bits per heavy atom. The molecule has 7 nitrogen and oxygen atoms in total. The number of Topliss-reactive ketones (excluding diaryl/α,β-unsaturated/α-hetero) is 1. The first-order valence-electron chi connectivity index (χ1n) is 11.2. The molecule has 5 aromatic rings. The van der Waals surface area contributed by atoms with Crippen LogP contribution in [-0.2, 0) is 0 Å². The van der Waals surface area contributed by atoms with Crippen molar-refractivity contribution in [2.75, 3.05) is 5.32 Å². The molecular weight excluding hydrogens is 436 g/mol. The van der Waals surface area contributed by atoms with Crippen molar-refractivity contribution in [1.82, 2.24) is 25.1 Å². The predicted molar refractivity (Wildman–Crippen MR) is 141 cm³/mol. The van der Waals surface area contributed by atoms with E-state index in [2.05, 4.69) is 38.6 Å². The molecule has 5 rings (SSSR count). The van der Waals surface area contributed by atoms with Gasteiger partial charge in [-0.15, -0.1) is 0 Å². The highest BCUT2D eigenvalue weighted by Gasteiger charge is 2.12. The summed E-state index contributed by atoms with van der Waals surface area (Å²) in [5, 5.41) is 12.6. The maximum atomic E-state index is 12.7. The molecule has 172 valence electrons. The highest BCUT2D eigenvalue weighted by molar-refractivity contribution is 6.01. The molecule has 0 bridgehead atoms. The smallest absolute Gasteiger partial charge is 0.183 e. The van der Waals surface area contributed by atoms with E-state index in [9.17, 15) is 4.79 Å². The van der Waals surface area contributed by atoms with E-state index in [1.165, 1.54) is 0 Å². The Kier molecular flexibility index (Phi) is 5.81. The van der Waals surface area contributed by atoms with Crippen LogP contribution in [0.1, 0.15) is 22.6 Å². The summed E-state index contributed by atoms with van der Waals surface area (Å²) >= 11 is 0. The van der Waals surface area contributed by atoms with Gasteiger partial charge in [-0.25, -0.2) is 9.97 Å². The highest BCUT2D eigenvalue weighted by atomic mass is 16.1. The highest BCUT2D eigenvalue weighted by Crippen LogP contribution is 2.26. The summed E-state index contributed by atoms with van der Waals surface area (Å²) in [4.78, 5) is 25.1. The number of hydrogen-bond donors (Lipinski definition) is 3.